The number of aryl methyl sites for hydroxylation is 3. The maximum atomic E-state index is 12.2. The number of nitrogens with one attached hydrogen (secondary N) is 1. The van der Waals surface area contributed by atoms with Crippen molar-refractivity contribution in [3.8, 4) is 11.3 Å². The van der Waals surface area contributed by atoms with Gasteiger partial charge in [0.1, 0.15) is 17.3 Å². The third-order valence-electron chi connectivity index (χ3n) is 4.36. The number of nitrogens with zero attached hydrogens (tertiary/aromatic N) is 4. The Morgan fingerprint density at radius 2 is 1.96 bits per heavy atom. The number of benzene rings is 1. The van der Waals surface area contributed by atoms with Gasteiger partial charge in [-0.25, -0.2) is 15.0 Å². The van der Waals surface area contributed by atoms with Crippen LogP contribution in [-0.4, -0.2) is 25.4 Å². The van der Waals surface area contributed by atoms with Gasteiger partial charge in [0.15, 0.2) is 0 Å². The fourth-order valence-electron chi connectivity index (χ4n) is 3.05. The molecule has 3 aromatic rings. The Morgan fingerprint density at radius 3 is 2.72 bits per heavy atom. The van der Waals surface area contributed by atoms with Crippen LogP contribution in [0.15, 0.2) is 42.7 Å². The van der Waals surface area contributed by atoms with Crippen LogP contribution in [0.25, 0.3) is 11.3 Å². The highest BCUT2D eigenvalue weighted by atomic mass is 16.1. The molecule has 0 fully saturated rings. The number of carbonyl (C=O) groups is 1. The smallest absolute Gasteiger partial charge is 0.274 e. The van der Waals surface area contributed by atoms with Crippen molar-refractivity contribution in [1.29, 1.82) is 0 Å². The summed E-state index contributed by atoms with van der Waals surface area (Å²) in [5.74, 6) is 1.50. The summed E-state index contributed by atoms with van der Waals surface area (Å²) in [6, 6.07) is 9.34. The average molecular weight is 333 g/mol. The number of aromatic nitrogens is 4. The SMILES string of the molecule is Cc1nccc(C(=O)Nc2ccc(-c3cn4c(n3)CCCC4)cc2)n1. The van der Waals surface area contributed by atoms with Crippen molar-refractivity contribution in [2.75, 3.05) is 5.32 Å². The van der Waals surface area contributed by atoms with Gasteiger partial charge in [-0.3, -0.25) is 4.79 Å². The van der Waals surface area contributed by atoms with Crippen molar-refractivity contribution in [3.05, 3.63) is 60.1 Å². The molecule has 1 aromatic carbocycles. The summed E-state index contributed by atoms with van der Waals surface area (Å²) in [6.07, 6.45) is 7.18. The lowest BCUT2D eigenvalue weighted by molar-refractivity contribution is 0.102. The molecule has 0 radical (unpaired) electrons. The summed E-state index contributed by atoms with van der Waals surface area (Å²) in [5.41, 5.74) is 3.13. The molecule has 0 saturated heterocycles. The van der Waals surface area contributed by atoms with Gasteiger partial charge in [0.05, 0.1) is 5.69 Å². The van der Waals surface area contributed by atoms with Gasteiger partial charge in [-0.15, -0.1) is 0 Å². The summed E-state index contributed by atoms with van der Waals surface area (Å²) >= 11 is 0. The van der Waals surface area contributed by atoms with Crippen molar-refractivity contribution in [3.63, 3.8) is 0 Å². The van der Waals surface area contributed by atoms with Crippen molar-refractivity contribution < 1.29 is 4.79 Å². The minimum absolute atomic E-state index is 0.240. The lowest BCUT2D eigenvalue weighted by Gasteiger charge is -2.11. The molecule has 1 amide bonds. The quantitative estimate of drug-likeness (QED) is 0.798. The number of hydrogen-bond donors (Lipinski definition) is 1. The second-order valence-corrected chi connectivity index (χ2v) is 6.21. The maximum Gasteiger partial charge on any atom is 0.274 e. The van der Waals surface area contributed by atoms with Gasteiger partial charge in [-0.2, -0.15) is 0 Å². The zero-order valence-electron chi connectivity index (χ0n) is 14.1. The topological polar surface area (TPSA) is 72.7 Å². The van der Waals surface area contributed by atoms with Crippen molar-refractivity contribution in [1.82, 2.24) is 19.5 Å². The standard InChI is InChI=1S/C19H19N5O/c1-13-20-10-9-16(21-13)19(25)22-15-7-5-14(6-8-15)17-12-24-11-3-2-4-18(24)23-17/h5-10,12H,2-4,11H2,1H3,(H,22,25). The fraction of sp³-hybridized carbons (Fsp3) is 0.263. The lowest BCUT2D eigenvalue weighted by atomic mass is 10.1. The Bertz CT molecular complexity index is 890. The van der Waals surface area contributed by atoms with E-state index in [2.05, 4.69) is 26.0 Å². The molecule has 4 rings (SSSR count). The van der Waals surface area contributed by atoms with Crippen LogP contribution >= 0.6 is 0 Å². The highest BCUT2D eigenvalue weighted by Crippen LogP contribution is 2.24. The molecule has 126 valence electrons. The van der Waals surface area contributed by atoms with Crippen LogP contribution in [0.5, 0.6) is 0 Å². The molecule has 6 heteroatoms. The molecule has 0 bridgehead atoms. The number of hydrogen-bond acceptors (Lipinski definition) is 4. The van der Waals surface area contributed by atoms with Gasteiger partial charge in [-0.05, 0) is 38.0 Å². The lowest BCUT2D eigenvalue weighted by Crippen LogP contribution is -2.14. The van der Waals surface area contributed by atoms with E-state index in [0.29, 0.717) is 11.5 Å². The summed E-state index contributed by atoms with van der Waals surface area (Å²) in [5, 5.41) is 2.86. The van der Waals surface area contributed by atoms with Gasteiger partial charge >= 0.3 is 0 Å². The minimum Gasteiger partial charge on any atom is -0.334 e. The molecular formula is C19H19N5O. The number of imidazole rings is 1. The van der Waals surface area contributed by atoms with Crippen LogP contribution in [0.2, 0.25) is 0 Å². The summed E-state index contributed by atoms with van der Waals surface area (Å²) in [7, 11) is 0. The van der Waals surface area contributed by atoms with E-state index in [0.717, 1.165) is 35.7 Å². The van der Waals surface area contributed by atoms with E-state index >= 15 is 0 Å². The molecule has 1 aliphatic rings. The van der Waals surface area contributed by atoms with Gasteiger partial charge in [0, 0.05) is 36.6 Å². The van der Waals surface area contributed by atoms with E-state index in [1.54, 1.807) is 19.2 Å². The Kier molecular flexibility index (Phi) is 4.01. The molecule has 0 spiro atoms. The van der Waals surface area contributed by atoms with E-state index in [1.807, 2.05) is 24.3 Å². The number of rotatable bonds is 3. The van der Waals surface area contributed by atoms with Gasteiger partial charge < -0.3 is 9.88 Å². The first-order chi connectivity index (χ1) is 12.2. The number of carbonyl (C=O) groups excluding carboxylic acids is 1. The van der Waals surface area contributed by atoms with Gasteiger partial charge in [0.2, 0.25) is 0 Å². The Morgan fingerprint density at radius 1 is 1.12 bits per heavy atom. The molecule has 0 atom stereocenters. The first kappa shape index (κ1) is 15.5. The van der Waals surface area contributed by atoms with Crippen molar-refractivity contribution in [2.45, 2.75) is 32.7 Å². The minimum atomic E-state index is -0.240. The largest absolute Gasteiger partial charge is 0.334 e. The van der Waals surface area contributed by atoms with Crippen LogP contribution < -0.4 is 5.32 Å². The van der Waals surface area contributed by atoms with Crippen LogP contribution in [-0.2, 0) is 13.0 Å². The maximum absolute atomic E-state index is 12.2. The van der Waals surface area contributed by atoms with E-state index in [1.165, 1.54) is 12.8 Å². The number of amides is 1. The number of anilines is 1. The van der Waals surface area contributed by atoms with E-state index in [-0.39, 0.29) is 5.91 Å². The molecule has 0 saturated carbocycles. The van der Waals surface area contributed by atoms with E-state index in [4.69, 9.17) is 4.98 Å². The summed E-state index contributed by atoms with van der Waals surface area (Å²) in [4.78, 5) is 25.1. The molecule has 1 N–H and O–H groups in total. The van der Waals surface area contributed by atoms with Crippen LogP contribution in [0, 0.1) is 6.92 Å². The first-order valence-electron chi connectivity index (χ1n) is 8.46. The molecule has 1 aliphatic heterocycles. The van der Waals surface area contributed by atoms with Crippen LogP contribution in [0.1, 0.15) is 35.0 Å². The molecular weight excluding hydrogens is 314 g/mol. The Hall–Kier alpha value is -3.02. The van der Waals surface area contributed by atoms with Gasteiger partial charge in [0.25, 0.3) is 5.91 Å². The predicted molar refractivity (Wildman–Crippen MR) is 95.3 cm³/mol. The third kappa shape index (κ3) is 3.28. The first-order valence-corrected chi connectivity index (χ1v) is 8.46. The molecule has 0 aliphatic carbocycles. The average Bonchev–Trinajstić information content (AvgIpc) is 3.06. The summed E-state index contributed by atoms with van der Waals surface area (Å²) in [6.45, 7) is 2.81. The second kappa shape index (κ2) is 6.47. The molecule has 6 nitrogen and oxygen atoms in total. The Balaban J connectivity index is 1.50. The van der Waals surface area contributed by atoms with E-state index < -0.39 is 0 Å². The zero-order chi connectivity index (χ0) is 17.2. The highest BCUT2D eigenvalue weighted by Gasteiger charge is 2.13. The van der Waals surface area contributed by atoms with Crippen molar-refractivity contribution >= 4 is 11.6 Å². The molecule has 2 aromatic heterocycles. The number of fused-ring (bicyclic) bond motifs is 1. The summed E-state index contributed by atoms with van der Waals surface area (Å²) < 4.78 is 2.24. The van der Waals surface area contributed by atoms with Gasteiger partial charge in [-0.1, -0.05) is 12.1 Å². The zero-order valence-corrected chi connectivity index (χ0v) is 14.1. The normalized spacial score (nSPS) is 13.3. The van der Waals surface area contributed by atoms with E-state index in [9.17, 15) is 4.79 Å². The molecule has 3 heterocycles. The molecule has 0 unspecified atom stereocenters. The van der Waals surface area contributed by atoms with Crippen LogP contribution in [0.3, 0.4) is 0 Å². The van der Waals surface area contributed by atoms with Crippen molar-refractivity contribution in [2.24, 2.45) is 0 Å². The Labute approximate surface area is 146 Å². The second-order valence-electron chi connectivity index (χ2n) is 6.21. The predicted octanol–water partition coefficient (Wildman–Crippen LogP) is 3.24. The fourth-order valence-corrected chi connectivity index (χ4v) is 3.05. The molecule has 25 heavy (non-hydrogen) atoms. The van der Waals surface area contributed by atoms with Crippen LogP contribution in [0.4, 0.5) is 5.69 Å². The highest BCUT2D eigenvalue weighted by molar-refractivity contribution is 6.02. The monoisotopic (exact) mass is 333 g/mol. The third-order valence-corrected chi connectivity index (χ3v) is 4.36.